The molecule has 2 heteroatoms. The van der Waals surface area contributed by atoms with Crippen LogP contribution < -0.4 is 5.32 Å². The fourth-order valence-electron chi connectivity index (χ4n) is 1.44. The van der Waals surface area contributed by atoms with E-state index in [0.717, 1.165) is 12.0 Å². The lowest BCUT2D eigenvalue weighted by Crippen LogP contribution is -2.33. The van der Waals surface area contributed by atoms with E-state index < -0.39 is 0 Å². The predicted octanol–water partition coefficient (Wildman–Crippen LogP) is 2.45. The van der Waals surface area contributed by atoms with Crippen molar-refractivity contribution in [2.24, 2.45) is 0 Å². The van der Waals surface area contributed by atoms with Crippen molar-refractivity contribution in [2.45, 2.75) is 39.7 Å². The Morgan fingerprint density at radius 1 is 1.47 bits per heavy atom. The molecular formula is C13H19NO. The molecule has 1 amide bonds. The molecule has 1 unspecified atom stereocenters. The zero-order valence-electron chi connectivity index (χ0n) is 9.71. The second kappa shape index (κ2) is 5.54. The molecule has 2 nitrogen and oxygen atoms in total. The molecule has 1 aromatic carbocycles. The highest BCUT2D eigenvalue weighted by Gasteiger charge is 2.06. The van der Waals surface area contributed by atoms with Gasteiger partial charge in [-0.1, -0.05) is 36.8 Å². The summed E-state index contributed by atoms with van der Waals surface area (Å²) in [6.07, 6.45) is 1.45. The van der Waals surface area contributed by atoms with Gasteiger partial charge in [0.15, 0.2) is 0 Å². The Kier molecular flexibility index (Phi) is 4.35. The molecular weight excluding hydrogens is 186 g/mol. The van der Waals surface area contributed by atoms with Crippen molar-refractivity contribution < 1.29 is 4.79 Å². The maximum atomic E-state index is 11.6. The first-order chi connectivity index (χ1) is 7.11. The average molecular weight is 205 g/mol. The number of carbonyl (C=O) groups is 1. The van der Waals surface area contributed by atoms with E-state index in [1.165, 1.54) is 5.56 Å². The largest absolute Gasteiger partial charge is 0.353 e. The first kappa shape index (κ1) is 11.8. The molecule has 0 spiro atoms. The van der Waals surface area contributed by atoms with E-state index in [9.17, 15) is 4.79 Å². The molecule has 0 saturated heterocycles. The third-order valence-electron chi connectivity index (χ3n) is 2.47. The third-order valence-corrected chi connectivity index (χ3v) is 2.47. The van der Waals surface area contributed by atoms with Crippen LogP contribution in [0.15, 0.2) is 24.3 Å². The number of hydrogen-bond donors (Lipinski definition) is 1. The number of hydrogen-bond acceptors (Lipinski definition) is 1. The van der Waals surface area contributed by atoms with Crippen molar-refractivity contribution in [1.82, 2.24) is 5.32 Å². The number of benzene rings is 1. The van der Waals surface area contributed by atoms with Crippen LogP contribution in [-0.4, -0.2) is 11.9 Å². The Morgan fingerprint density at radius 2 is 2.20 bits per heavy atom. The number of carbonyl (C=O) groups excluding carboxylic acids is 1. The number of rotatable bonds is 4. The Morgan fingerprint density at radius 3 is 2.80 bits per heavy atom. The highest BCUT2D eigenvalue weighted by molar-refractivity contribution is 5.78. The summed E-state index contributed by atoms with van der Waals surface area (Å²) in [5.74, 6) is 0.106. The van der Waals surface area contributed by atoms with Gasteiger partial charge in [0.05, 0.1) is 6.42 Å². The Balaban J connectivity index is 2.51. The summed E-state index contributed by atoms with van der Waals surface area (Å²) in [5, 5.41) is 2.96. The van der Waals surface area contributed by atoms with E-state index in [1.54, 1.807) is 0 Å². The minimum atomic E-state index is 0.106. The Hall–Kier alpha value is -1.31. The summed E-state index contributed by atoms with van der Waals surface area (Å²) in [4.78, 5) is 11.6. The maximum Gasteiger partial charge on any atom is 0.224 e. The number of nitrogens with one attached hydrogen (secondary N) is 1. The standard InChI is InChI=1S/C13H19NO/c1-4-11(3)14-13(15)9-12-7-5-6-10(2)8-12/h5-8,11H,4,9H2,1-3H3,(H,14,15). The Bertz CT molecular complexity index is 333. The summed E-state index contributed by atoms with van der Waals surface area (Å²) in [6, 6.07) is 8.33. The molecule has 82 valence electrons. The molecule has 0 aliphatic heterocycles. The molecule has 1 rings (SSSR count). The van der Waals surface area contributed by atoms with Gasteiger partial charge >= 0.3 is 0 Å². The van der Waals surface area contributed by atoms with Crippen LogP contribution in [0.1, 0.15) is 31.4 Å². The first-order valence-electron chi connectivity index (χ1n) is 5.46. The minimum absolute atomic E-state index is 0.106. The van der Waals surface area contributed by atoms with Crippen LogP contribution in [0.5, 0.6) is 0 Å². The zero-order chi connectivity index (χ0) is 11.3. The van der Waals surface area contributed by atoms with Crippen LogP contribution in [0.3, 0.4) is 0 Å². The van der Waals surface area contributed by atoms with Crippen molar-refractivity contribution in [1.29, 1.82) is 0 Å². The second-order valence-corrected chi connectivity index (χ2v) is 4.04. The molecule has 15 heavy (non-hydrogen) atoms. The lowest BCUT2D eigenvalue weighted by Gasteiger charge is -2.11. The van der Waals surface area contributed by atoms with E-state index in [1.807, 2.05) is 32.0 Å². The molecule has 0 aromatic heterocycles. The molecule has 1 N–H and O–H groups in total. The Labute approximate surface area is 91.7 Å². The lowest BCUT2D eigenvalue weighted by atomic mass is 10.1. The molecule has 1 atom stereocenters. The average Bonchev–Trinajstić information content (AvgIpc) is 2.17. The summed E-state index contributed by atoms with van der Waals surface area (Å²) in [7, 11) is 0. The van der Waals surface area contributed by atoms with Gasteiger partial charge in [0.25, 0.3) is 0 Å². The SMILES string of the molecule is CCC(C)NC(=O)Cc1cccc(C)c1. The summed E-state index contributed by atoms with van der Waals surface area (Å²) in [6.45, 7) is 6.13. The van der Waals surface area contributed by atoms with Crippen LogP contribution in [0.25, 0.3) is 0 Å². The maximum absolute atomic E-state index is 11.6. The molecule has 1 aromatic rings. The van der Waals surface area contributed by atoms with Crippen LogP contribution in [-0.2, 0) is 11.2 Å². The van der Waals surface area contributed by atoms with Gasteiger partial charge in [-0.3, -0.25) is 4.79 Å². The van der Waals surface area contributed by atoms with E-state index >= 15 is 0 Å². The zero-order valence-corrected chi connectivity index (χ0v) is 9.71. The highest BCUT2D eigenvalue weighted by atomic mass is 16.1. The summed E-state index contributed by atoms with van der Waals surface area (Å²) in [5.41, 5.74) is 2.28. The van der Waals surface area contributed by atoms with Gasteiger partial charge in [-0.15, -0.1) is 0 Å². The predicted molar refractivity (Wildman–Crippen MR) is 62.8 cm³/mol. The molecule has 0 radical (unpaired) electrons. The summed E-state index contributed by atoms with van der Waals surface area (Å²) < 4.78 is 0. The van der Waals surface area contributed by atoms with E-state index in [-0.39, 0.29) is 11.9 Å². The van der Waals surface area contributed by atoms with Gasteiger partial charge in [0, 0.05) is 6.04 Å². The van der Waals surface area contributed by atoms with Crippen LogP contribution in [0.2, 0.25) is 0 Å². The minimum Gasteiger partial charge on any atom is -0.353 e. The second-order valence-electron chi connectivity index (χ2n) is 4.04. The van der Waals surface area contributed by atoms with Gasteiger partial charge in [-0.2, -0.15) is 0 Å². The van der Waals surface area contributed by atoms with E-state index in [2.05, 4.69) is 18.3 Å². The van der Waals surface area contributed by atoms with Gasteiger partial charge in [0.1, 0.15) is 0 Å². The first-order valence-corrected chi connectivity index (χ1v) is 5.46. The fraction of sp³-hybridized carbons (Fsp3) is 0.462. The van der Waals surface area contributed by atoms with Crippen molar-refractivity contribution in [3.8, 4) is 0 Å². The molecule has 0 bridgehead atoms. The number of aryl methyl sites for hydroxylation is 1. The third kappa shape index (κ3) is 4.15. The van der Waals surface area contributed by atoms with Gasteiger partial charge in [-0.05, 0) is 25.8 Å². The normalized spacial score (nSPS) is 12.2. The van der Waals surface area contributed by atoms with Gasteiger partial charge < -0.3 is 5.32 Å². The molecule has 0 heterocycles. The van der Waals surface area contributed by atoms with Crippen molar-refractivity contribution in [3.05, 3.63) is 35.4 Å². The molecule has 0 fully saturated rings. The van der Waals surface area contributed by atoms with E-state index in [0.29, 0.717) is 6.42 Å². The number of amides is 1. The summed E-state index contributed by atoms with van der Waals surface area (Å²) >= 11 is 0. The van der Waals surface area contributed by atoms with Crippen molar-refractivity contribution in [2.75, 3.05) is 0 Å². The van der Waals surface area contributed by atoms with Gasteiger partial charge in [0.2, 0.25) is 5.91 Å². The molecule has 0 aliphatic rings. The topological polar surface area (TPSA) is 29.1 Å². The van der Waals surface area contributed by atoms with E-state index in [4.69, 9.17) is 0 Å². The van der Waals surface area contributed by atoms with Gasteiger partial charge in [-0.25, -0.2) is 0 Å². The fourth-order valence-corrected chi connectivity index (χ4v) is 1.44. The van der Waals surface area contributed by atoms with Crippen LogP contribution in [0.4, 0.5) is 0 Å². The van der Waals surface area contributed by atoms with Crippen LogP contribution >= 0.6 is 0 Å². The molecule has 0 aliphatic carbocycles. The molecule has 0 saturated carbocycles. The lowest BCUT2D eigenvalue weighted by molar-refractivity contribution is -0.121. The smallest absolute Gasteiger partial charge is 0.224 e. The van der Waals surface area contributed by atoms with Crippen LogP contribution in [0, 0.1) is 6.92 Å². The highest BCUT2D eigenvalue weighted by Crippen LogP contribution is 2.04. The van der Waals surface area contributed by atoms with Crippen molar-refractivity contribution in [3.63, 3.8) is 0 Å². The van der Waals surface area contributed by atoms with Crippen molar-refractivity contribution >= 4 is 5.91 Å². The monoisotopic (exact) mass is 205 g/mol. The quantitative estimate of drug-likeness (QED) is 0.803.